The van der Waals surface area contributed by atoms with E-state index in [1.807, 2.05) is 0 Å². The lowest BCUT2D eigenvalue weighted by atomic mass is 10.1. The summed E-state index contributed by atoms with van der Waals surface area (Å²) in [7, 11) is 0. The molecule has 0 radical (unpaired) electrons. The highest BCUT2D eigenvalue weighted by atomic mass is 19.4. The average Bonchev–Trinajstić information content (AvgIpc) is 2.30. The molecule has 0 aliphatic rings. The van der Waals surface area contributed by atoms with E-state index in [0.717, 1.165) is 12.0 Å². The second kappa shape index (κ2) is 7.10. The Hall–Kier alpha value is -1.60. The summed E-state index contributed by atoms with van der Waals surface area (Å²) in [5.74, 6) is -0.629. The predicted octanol–water partition coefficient (Wildman–Crippen LogP) is 1.71. The number of rotatable bonds is 6. The van der Waals surface area contributed by atoms with E-state index in [4.69, 9.17) is 5.73 Å². The Balaban J connectivity index is 2.35. The van der Waals surface area contributed by atoms with Gasteiger partial charge in [-0.2, -0.15) is 13.2 Å². The second-order valence-electron chi connectivity index (χ2n) is 3.89. The quantitative estimate of drug-likeness (QED) is 0.831. The van der Waals surface area contributed by atoms with Crippen LogP contribution in [0.5, 0.6) is 0 Å². The summed E-state index contributed by atoms with van der Waals surface area (Å²) < 4.78 is 39.6. The first kappa shape index (κ1) is 15.5. The van der Waals surface area contributed by atoms with Crippen LogP contribution < -0.4 is 11.1 Å². The number of nitrogens with one attached hydrogen (secondary N) is 1. The van der Waals surface area contributed by atoms with Gasteiger partial charge >= 0.3 is 6.18 Å². The maximum atomic E-state index is 11.8. The molecule has 0 aliphatic heterocycles. The van der Waals surface area contributed by atoms with Gasteiger partial charge in [0.1, 0.15) is 13.2 Å². The summed E-state index contributed by atoms with van der Waals surface area (Å²) in [6, 6.07) is 6.90. The van der Waals surface area contributed by atoms with Crippen molar-refractivity contribution < 1.29 is 22.7 Å². The van der Waals surface area contributed by atoms with Gasteiger partial charge in [0.05, 0.1) is 0 Å². The van der Waals surface area contributed by atoms with Crippen LogP contribution in [0.25, 0.3) is 0 Å². The fraction of sp³-hybridized carbons (Fsp3) is 0.417. The maximum Gasteiger partial charge on any atom is 0.411 e. The van der Waals surface area contributed by atoms with Crippen molar-refractivity contribution in [2.24, 2.45) is 5.73 Å². The van der Waals surface area contributed by atoms with Gasteiger partial charge in [0.15, 0.2) is 0 Å². The zero-order valence-electron chi connectivity index (χ0n) is 10.2. The molecule has 0 aromatic heterocycles. The lowest BCUT2D eigenvalue weighted by molar-refractivity contribution is -0.174. The van der Waals surface area contributed by atoms with Gasteiger partial charge in [-0.25, -0.2) is 0 Å². The van der Waals surface area contributed by atoms with E-state index in [9.17, 15) is 18.0 Å². The van der Waals surface area contributed by atoms with Crippen molar-refractivity contribution in [3.05, 3.63) is 29.8 Å². The van der Waals surface area contributed by atoms with E-state index >= 15 is 0 Å². The van der Waals surface area contributed by atoms with Gasteiger partial charge in [0.2, 0.25) is 5.91 Å². The molecule has 3 N–H and O–H groups in total. The molecule has 0 unspecified atom stereocenters. The number of carbonyl (C=O) groups excluding carboxylic acids is 1. The molecule has 1 aromatic carbocycles. The molecule has 7 heteroatoms. The summed E-state index contributed by atoms with van der Waals surface area (Å²) in [6.45, 7) is -1.54. The van der Waals surface area contributed by atoms with Gasteiger partial charge in [0, 0.05) is 5.69 Å². The molecule has 1 rings (SSSR count). The zero-order chi connectivity index (χ0) is 14.3. The molecule has 1 amide bonds. The largest absolute Gasteiger partial charge is 0.411 e. The highest BCUT2D eigenvalue weighted by molar-refractivity contribution is 5.91. The fourth-order valence-electron chi connectivity index (χ4n) is 1.38. The zero-order valence-corrected chi connectivity index (χ0v) is 10.2. The Morgan fingerprint density at radius 2 is 1.89 bits per heavy atom. The monoisotopic (exact) mass is 276 g/mol. The third-order valence-electron chi connectivity index (χ3n) is 2.17. The molecular weight excluding hydrogens is 261 g/mol. The molecule has 4 nitrogen and oxygen atoms in total. The average molecular weight is 276 g/mol. The Morgan fingerprint density at radius 3 is 2.42 bits per heavy atom. The molecule has 0 atom stereocenters. The molecule has 0 saturated heterocycles. The second-order valence-corrected chi connectivity index (χ2v) is 3.89. The highest BCUT2D eigenvalue weighted by Gasteiger charge is 2.27. The number of ether oxygens (including phenoxy) is 1. The maximum absolute atomic E-state index is 11.8. The minimum Gasteiger partial charge on any atom is -0.362 e. The first-order valence-corrected chi connectivity index (χ1v) is 5.64. The normalized spacial score (nSPS) is 11.4. The van der Waals surface area contributed by atoms with Crippen LogP contribution in [-0.2, 0) is 16.0 Å². The summed E-state index contributed by atoms with van der Waals surface area (Å²) in [4.78, 5) is 11.3. The van der Waals surface area contributed by atoms with E-state index in [1.54, 1.807) is 24.3 Å². The van der Waals surface area contributed by atoms with Gasteiger partial charge < -0.3 is 15.8 Å². The summed E-state index contributed by atoms with van der Waals surface area (Å²) >= 11 is 0. The number of anilines is 1. The van der Waals surface area contributed by atoms with Crippen LogP contribution >= 0.6 is 0 Å². The van der Waals surface area contributed by atoms with Crippen molar-refractivity contribution in [3.63, 3.8) is 0 Å². The molecule has 0 heterocycles. The fourth-order valence-corrected chi connectivity index (χ4v) is 1.38. The van der Waals surface area contributed by atoms with E-state index in [2.05, 4.69) is 10.1 Å². The standard InChI is InChI=1S/C12H15F3N2O2/c13-12(14,15)8-19-7-11(18)17-10-3-1-9(2-4-10)5-6-16/h1-4H,5-8,16H2,(H,17,18). The number of nitrogens with two attached hydrogens (primary N) is 1. The lowest BCUT2D eigenvalue weighted by Gasteiger charge is -2.08. The number of hydrogen-bond donors (Lipinski definition) is 2. The Labute approximate surface area is 108 Å². The lowest BCUT2D eigenvalue weighted by Crippen LogP contribution is -2.23. The predicted molar refractivity (Wildman–Crippen MR) is 64.7 cm³/mol. The first-order chi connectivity index (χ1) is 8.90. The number of alkyl halides is 3. The molecular formula is C12H15F3N2O2. The molecule has 106 valence electrons. The van der Waals surface area contributed by atoms with Crippen LogP contribution in [0.2, 0.25) is 0 Å². The molecule has 0 saturated carbocycles. The van der Waals surface area contributed by atoms with Gasteiger partial charge in [-0.15, -0.1) is 0 Å². The molecule has 0 spiro atoms. The minimum absolute atomic E-state index is 0.501. The molecule has 0 fully saturated rings. The van der Waals surface area contributed by atoms with Crippen LogP contribution in [0.3, 0.4) is 0 Å². The van der Waals surface area contributed by atoms with Crippen LogP contribution in [-0.4, -0.2) is 31.8 Å². The number of amides is 1. The third kappa shape index (κ3) is 6.78. The van der Waals surface area contributed by atoms with Crippen molar-refractivity contribution in [1.82, 2.24) is 0 Å². The van der Waals surface area contributed by atoms with Gasteiger partial charge in [0.25, 0.3) is 0 Å². The summed E-state index contributed by atoms with van der Waals surface area (Å²) in [5.41, 5.74) is 6.91. The smallest absolute Gasteiger partial charge is 0.362 e. The van der Waals surface area contributed by atoms with Crippen molar-refractivity contribution in [1.29, 1.82) is 0 Å². The van der Waals surface area contributed by atoms with E-state index in [1.165, 1.54) is 0 Å². The highest BCUT2D eigenvalue weighted by Crippen LogP contribution is 2.14. The number of benzene rings is 1. The Kier molecular flexibility index (Phi) is 5.78. The van der Waals surface area contributed by atoms with E-state index < -0.39 is 25.3 Å². The molecule has 19 heavy (non-hydrogen) atoms. The van der Waals surface area contributed by atoms with Gasteiger partial charge in [-0.1, -0.05) is 12.1 Å². The van der Waals surface area contributed by atoms with Gasteiger partial charge in [-0.3, -0.25) is 4.79 Å². The third-order valence-corrected chi connectivity index (χ3v) is 2.17. The number of carbonyl (C=O) groups is 1. The van der Waals surface area contributed by atoms with Gasteiger partial charge in [-0.05, 0) is 30.7 Å². The molecule has 0 aliphatic carbocycles. The SMILES string of the molecule is NCCc1ccc(NC(=O)COCC(F)(F)F)cc1. The van der Waals surface area contributed by atoms with Crippen LogP contribution in [0.15, 0.2) is 24.3 Å². The van der Waals surface area contributed by atoms with Crippen LogP contribution in [0.1, 0.15) is 5.56 Å². The molecule has 0 bridgehead atoms. The van der Waals surface area contributed by atoms with Crippen LogP contribution in [0.4, 0.5) is 18.9 Å². The summed E-state index contributed by atoms with van der Waals surface area (Å²) in [6.07, 6.45) is -3.70. The Morgan fingerprint density at radius 1 is 1.26 bits per heavy atom. The van der Waals surface area contributed by atoms with E-state index in [0.29, 0.717) is 12.2 Å². The van der Waals surface area contributed by atoms with Crippen molar-refractivity contribution in [3.8, 4) is 0 Å². The minimum atomic E-state index is -4.43. The number of hydrogen-bond acceptors (Lipinski definition) is 3. The molecule has 1 aromatic rings. The number of halogens is 3. The van der Waals surface area contributed by atoms with Crippen molar-refractivity contribution in [2.75, 3.05) is 25.1 Å². The van der Waals surface area contributed by atoms with E-state index in [-0.39, 0.29) is 0 Å². The topological polar surface area (TPSA) is 64.3 Å². The van der Waals surface area contributed by atoms with Crippen LogP contribution in [0, 0.1) is 0 Å². The first-order valence-electron chi connectivity index (χ1n) is 5.64. The summed E-state index contributed by atoms with van der Waals surface area (Å²) in [5, 5.41) is 2.43. The van der Waals surface area contributed by atoms with Crippen molar-refractivity contribution in [2.45, 2.75) is 12.6 Å². The Bertz CT molecular complexity index is 404. The van der Waals surface area contributed by atoms with Crippen molar-refractivity contribution >= 4 is 11.6 Å².